The maximum Gasteiger partial charge on any atom is 0.360 e. The molecular formula is C24H23NO4. The van der Waals surface area contributed by atoms with Gasteiger partial charge >= 0.3 is 5.97 Å². The summed E-state index contributed by atoms with van der Waals surface area (Å²) in [5, 5.41) is 1.74. The smallest absolute Gasteiger partial charge is 0.360 e. The molecule has 0 spiro atoms. The highest BCUT2D eigenvalue weighted by molar-refractivity contribution is 5.86. The summed E-state index contributed by atoms with van der Waals surface area (Å²) >= 11 is 0. The van der Waals surface area contributed by atoms with Gasteiger partial charge in [-0.3, -0.25) is 0 Å². The maximum atomic E-state index is 13.1. The first-order chi connectivity index (χ1) is 13.9. The van der Waals surface area contributed by atoms with Crippen molar-refractivity contribution in [3.8, 4) is 0 Å². The number of ether oxygens (including phenoxy) is 1. The molecule has 2 aromatic carbocycles. The number of hydrogen-bond donors (Lipinski definition) is 0. The van der Waals surface area contributed by atoms with Crippen molar-refractivity contribution in [2.75, 3.05) is 0 Å². The average Bonchev–Trinajstić information content (AvgIpc) is 3.10. The molecule has 148 valence electrons. The minimum absolute atomic E-state index is 0.395. The molecule has 0 bridgehead atoms. The molecule has 0 amide bonds. The lowest BCUT2D eigenvalue weighted by Gasteiger charge is -2.46. The van der Waals surface area contributed by atoms with Gasteiger partial charge in [-0.2, -0.15) is 0 Å². The largest absolute Gasteiger partial charge is 0.467 e. The molecule has 1 aromatic heterocycles. The summed E-state index contributed by atoms with van der Waals surface area (Å²) in [5.41, 5.74) is -0.641. The highest BCUT2D eigenvalue weighted by Crippen LogP contribution is 2.68. The van der Waals surface area contributed by atoms with Crippen LogP contribution in [-0.2, 0) is 25.5 Å². The molecule has 29 heavy (non-hydrogen) atoms. The number of hydrogen-bond acceptors (Lipinski definition) is 5. The molecule has 2 fully saturated rings. The standard InChI is InChI=1S/C24H23NO4/c1-22(2,17-11-6-4-7-12-17)25-20(19-15-10-16-27-19)24(18-13-8-5-9-14-18)23(3,29-24)21(26)28-25/h4-16,20H,1-3H3/t20-,23+,24-/m0/s1. The fourth-order valence-corrected chi connectivity index (χ4v) is 4.55. The van der Waals surface area contributed by atoms with E-state index >= 15 is 0 Å². The topological polar surface area (TPSA) is 55.2 Å². The molecule has 0 aliphatic carbocycles. The minimum Gasteiger partial charge on any atom is -0.467 e. The van der Waals surface area contributed by atoms with Crippen molar-refractivity contribution in [3.05, 3.63) is 95.9 Å². The molecule has 0 saturated carbocycles. The Labute approximate surface area is 169 Å². The number of fused-ring (bicyclic) bond motifs is 1. The zero-order chi connectivity index (χ0) is 20.3. The van der Waals surface area contributed by atoms with Crippen LogP contribution in [0.25, 0.3) is 0 Å². The molecule has 3 aromatic rings. The lowest BCUT2D eigenvalue weighted by Crippen LogP contribution is -2.56. The summed E-state index contributed by atoms with van der Waals surface area (Å²) < 4.78 is 12.1. The number of furan rings is 1. The zero-order valence-corrected chi connectivity index (χ0v) is 16.7. The molecule has 3 heterocycles. The Balaban J connectivity index is 1.71. The summed E-state index contributed by atoms with van der Waals surface area (Å²) in [6, 6.07) is 23.2. The Morgan fingerprint density at radius 2 is 1.59 bits per heavy atom. The van der Waals surface area contributed by atoms with E-state index in [-0.39, 0.29) is 0 Å². The van der Waals surface area contributed by atoms with Gasteiger partial charge < -0.3 is 14.0 Å². The number of benzene rings is 2. The van der Waals surface area contributed by atoms with E-state index in [1.807, 2.05) is 86.6 Å². The van der Waals surface area contributed by atoms with Gasteiger partial charge in [0.15, 0.2) is 5.60 Å². The zero-order valence-electron chi connectivity index (χ0n) is 16.7. The van der Waals surface area contributed by atoms with E-state index in [1.165, 1.54) is 0 Å². The second-order valence-electron chi connectivity index (χ2n) is 8.28. The normalized spacial score (nSPS) is 29.2. The molecule has 0 unspecified atom stereocenters. The minimum atomic E-state index is -1.07. The predicted molar refractivity (Wildman–Crippen MR) is 106 cm³/mol. The van der Waals surface area contributed by atoms with Crippen molar-refractivity contribution < 1.29 is 18.8 Å². The molecule has 2 saturated heterocycles. The Bertz CT molecular complexity index is 1030. The van der Waals surface area contributed by atoms with E-state index in [4.69, 9.17) is 14.0 Å². The quantitative estimate of drug-likeness (QED) is 0.605. The number of nitrogens with zero attached hydrogens (tertiary/aromatic N) is 1. The first-order valence-electron chi connectivity index (χ1n) is 9.77. The van der Waals surface area contributed by atoms with Crippen LogP contribution in [0.4, 0.5) is 0 Å². The van der Waals surface area contributed by atoms with Crippen molar-refractivity contribution in [2.45, 2.75) is 43.6 Å². The Morgan fingerprint density at radius 3 is 2.21 bits per heavy atom. The molecule has 2 aliphatic rings. The Kier molecular flexibility index (Phi) is 3.79. The number of carbonyl (C=O) groups excluding carboxylic acids is 1. The van der Waals surface area contributed by atoms with Crippen LogP contribution in [0, 0.1) is 0 Å². The fourth-order valence-electron chi connectivity index (χ4n) is 4.55. The van der Waals surface area contributed by atoms with Crippen LogP contribution < -0.4 is 0 Å². The van der Waals surface area contributed by atoms with Gasteiger partial charge in [-0.05, 0) is 44.0 Å². The fraction of sp³-hybridized carbons (Fsp3) is 0.292. The number of rotatable bonds is 4. The lowest BCUT2D eigenvalue weighted by atomic mass is 9.77. The summed E-state index contributed by atoms with van der Waals surface area (Å²) in [7, 11) is 0. The van der Waals surface area contributed by atoms with E-state index in [9.17, 15) is 4.79 Å². The number of hydroxylamine groups is 2. The van der Waals surface area contributed by atoms with Crippen LogP contribution in [-0.4, -0.2) is 16.6 Å². The Hall–Kier alpha value is -2.89. The van der Waals surface area contributed by atoms with E-state index in [2.05, 4.69) is 0 Å². The van der Waals surface area contributed by atoms with Crippen molar-refractivity contribution in [3.63, 3.8) is 0 Å². The number of carbonyl (C=O) groups is 1. The summed E-state index contributed by atoms with van der Waals surface area (Å²) in [5.74, 6) is 0.294. The summed E-state index contributed by atoms with van der Waals surface area (Å²) in [6.45, 7) is 5.87. The van der Waals surface area contributed by atoms with Crippen LogP contribution in [0.5, 0.6) is 0 Å². The SMILES string of the molecule is CC(C)(c1ccccc1)N1OC(=O)[C@@]2(C)O[C@@]2(c2ccccc2)[C@@H]1c1ccco1. The van der Waals surface area contributed by atoms with E-state index < -0.39 is 28.8 Å². The van der Waals surface area contributed by atoms with Crippen molar-refractivity contribution >= 4 is 5.97 Å². The molecule has 0 radical (unpaired) electrons. The van der Waals surface area contributed by atoms with Gasteiger partial charge in [-0.25, -0.2) is 4.79 Å². The van der Waals surface area contributed by atoms with Crippen LogP contribution in [0.15, 0.2) is 83.5 Å². The van der Waals surface area contributed by atoms with Crippen LogP contribution in [0.2, 0.25) is 0 Å². The van der Waals surface area contributed by atoms with Crippen LogP contribution in [0.1, 0.15) is 43.7 Å². The molecule has 5 nitrogen and oxygen atoms in total. The van der Waals surface area contributed by atoms with Gasteiger partial charge in [0.25, 0.3) is 0 Å². The monoisotopic (exact) mass is 389 g/mol. The van der Waals surface area contributed by atoms with Crippen LogP contribution >= 0.6 is 0 Å². The van der Waals surface area contributed by atoms with Gasteiger partial charge in [-0.15, -0.1) is 5.06 Å². The van der Waals surface area contributed by atoms with E-state index in [0.29, 0.717) is 5.76 Å². The Morgan fingerprint density at radius 1 is 0.931 bits per heavy atom. The third-order valence-corrected chi connectivity index (χ3v) is 6.27. The maximum absolute atomic E-state index is 13.1. The summed E-state index contributed by atoms with van der Waals surface area (Å²) in [6.07, 6.45) is 1.64. The molecule has 3 atom stereocenters. The van der Waals surface area contributed by atoms with Gasteiger partial charge in [-0.1, -0.05) is 60.7 Å². The third-order valence-electron chi connectivity index (χ3n) is 6.27. The number of epoxide rings is 1. The second kappa shape index (κ2) is 6.05. The summed E-state index contributed by atoms with van der Waals surface area (Å²) in [4.78, 5) is 19.1. The highest BCUT2D eigenvalue weighted by Gasteiger charge is 2.82. The molecule has 5 heteroatoms. The molecule has 5 rings (SSSR count). The average molecular weight is 389 g/mol. The third kappa shape index (κ3) is 2.38. The van der Waals surface area contributed by atoms with E-state index in [0.717, 1.165) is 11.1 Å². The second-order valence-corrected chi connectivity index (χ2v) is 8.28. The van der Waals surface area contributed by atoms with Crippen molar-refractivity contribution in [2.24, 2.45) is 0 Å². The highest BCUT2D eigenvalue weighted by atomic mass is 16.8. The van der Waals surface area contributed by atoms with Gasteiger partial charge in [0.1, 0.15) is 11.8 Å². The van der Waals surface area contributed by atoms with Crippen LogP contribution in [0.3, 0.4) is 0 Å². The molecule has 0 N–H and O–H groups in total. The molecular weight excluding hydrogens is 366 g/mol. The van der Waals surface area contributed by atoms with Crippen molar-refractivity contribution in [1.82, 2.24) is 5.06 Å². The van der Waals surface area contributed by atoms with E-state index in [1.54, 1.807) is 18.3 Å². The lowest BCUT2D eigenvalue weighted by molar-refractivity contribution is -0.261. The first-order valence-corrected chi connectivity index (χ1v) is 9.77. The molecule has 2 aliphatic heterocycles. The van der Waals surface area contributed by atoms with Crippen molar-refractivity contribution in [1.29, 1.82) is 0 Å². The van der Waals surface area contributed by atoms with Gasteiger partial charge in [0.2, 0.25) is 5.60 Å². The van der Waals surface area contributed by atoms with Gasteiger partial charge in [0, 0.05) is 0 Å². The first kappa shape index (κ1) is 18.2. The predicted octanol–water partition coefficient (Wildman–Crippen LogP) is 4.71. The van der Waals surface area contributed by atoms with Gasteiger partial charge in [0.05, 0.1) is 11.8 Å².